The van der Waals surface area contributed by atoms with Gasteiger partial charge in [0.2, 0.25) is 0 Å². The average Bonchev–Trinajstić information content (AvgIpc) is 1.67. The Morgan fingerprint density at radius 3 is 2.00 bits per heavy atom. The summed E-state index contributed by atoms with van der Waals surface area (Å²) in [6.45, 7) is 6.84. The predicted octanol–water partition coefficient (Wildman–Crippen LogP) is 3.25. The lowest BCUT2D eigenvalue weighted by Gasteiger charge is -2.11. The van der Waals surface area contributed by atoms with E-state index in [-0.39, 0.29) is 0 Å². The largest absolute Gasteiger partial charge is 0.0826 e. The second kappa shape index (κ2) is 4.59. The molecule has 0 radical (unpaired) electrons. The third kappa shape index (κ3) is 3.70. The minimum atomic E-state index is 0.840. The van der Waals surface area contributed by atoms with Crippen LogP contribution in [0, 0.1) is 5.92 Å². The Kier molecular flexibility index (Phi) is 5.01. The number of alkyl halides is 1. The van der Waals surface area contributed by atoms with Crippen molar-refractivity contribution in [2.45, 2.75) is 37.5 Å². The molecule has 1 unspecified atom stereocenters. The van der Waals surface area contributed by atoms with E-state index in [1.165, 1.54) is 12.8 Å². The van der Waals surface area contributed by atoms with E-state index in [2.05, 4.69) is 43.4 Å². The Morgan fingerprint density at radius 2 is 1.88 bits per heavy atom. The molecule has 0 heterocycles. The maximum absolute atomic E-state index is 2.49. The van der Waals surface area contributed by atoms with Crippen LogP contribution in [0.5, 0.6) is 0 Å². The summed E-state index contributed by atoms with van der Waals surface area (Å²) in [5, 5.41) is 0. The third-order valence-corrected chi connectivity index (χ3v) is 2.76. The Hall–Kier alpha value is 0.730. The molecule has 0 rings (SSSR count). The van der Waals surface area contributed by atoms with Gasteiger partial charge in [-0.1, -0.05) is 49.8 Å². The van der Waals surface area contributed by atoms with E-state index in [1.54, 1.807) is 0 Å². The normalized spacial score (nSPS) is 18.0. The summed E-state index contributed by atoms with van der Waals surface area (Å²) in [5.41, 5.74) is 0. The van der Waals surface area contributed by atoms with Crippen molar-refractivity contribution in [2.24, 2.45) is 5.92 Å². The van der Waals surface area contributed by atoms with E-state index in [0.717, 1.165) is 9.84 Å². The first kappa shape index (κ1) is 8.73. The molecule has 1 heteroatoms. The van der Waals surface area contributed by atoms with Crippen LogP contribution in [0.4, 0.5) is 0 Å². The molecule has 0 saturated carbocycles. The van der Waals surface area contributed by atoms with Gasteiger partial charge in [-0.3, -0.25) is 0 Å². The Bertz CT molecular complexity index is 50.3. The minimum absolute atomic E-state index is 0.840. The lowest BCUT2D eigenvalue weighted by atomic mass is 10.0. The zero-order valence-electron chi connectivity index (χ0n) is 5.95. The first-order valence-electron chi connectivity index (χ1n) is 3.32. The topological polar surface area (TPSA) is 0 Å². The van der Waals surface area contributed by atoms with Crippen molar-refractivity contribution in [2.75, 3.05) is 0 Å². The van der Waals surface area contributed by atoms with Gasteiger partial charge in [0, 0.05) is 3.92 Å². The number of rotatable bonds is 3. The highest BCUT2D eigenvalue weighted by Gasteiger charge is 2.05. The molecule has 0 N–H and O–H groups in total. The number of halogens is 1. The molecule has 0 aromatic carbocycles. The summed E-state index contributed by atoms with van der Waals surface area (Å²) < 4.78 is 0.840. The van der Waals surface area contributed by atoms with Gasteiger partial charge in [-0.2, -0.15) is 0 Å². The highest BCUT2D eigenvalue weighted by molar-refractivity contribution is 14.1. The monoisotopic (exact) mass is 226 g/mol. The zero-order chi connectivity index (χ0) is 6.57. The maximum Gasteiger partial charge on any atom is 0.0107 e. The van der Waals surface area contributed by atoms with Gasteiger partial charge in [-0.25, -0.2) is 0 Å². The van der Waals surface area contributed by atoms with Crippen molar-refractivity contribution in [3.63, 3.8) is 0 Å². The third-order valence-electron chi connectivity index (χ3n) is 1.53. The van der Waals surface area contributed by atoms with Crippen LogP contribution in [-0.4, -0.2) is 3.92 Å². The van der Waals surface area contributed by atoms with Gasteiger partial charge in [0.05, 0.1) is 0 Å². The molecule has 0 spiro atoms. The molecule has 0 aromatic heterocycles. The van der Waals surface area contributed by atoms with Gasteiger partial charge in [0.15, 0.2) is 0 Å². The smallest absolute Gasteiger partial charge is 0.0107 e. The van der Waals surface area contributed by atoms with Crippen molar-refractivity contribution in [3.8, 4) is 0 Å². The van der Waals surface area contributed by atoms with Gasteiger partial charge < -0.3 is 0 Å². The van der Waals surface area contributed by atoms with Crippen LogP contribution in [-0.2, 0) is 0 Å². The first-order valence-corrected chi connectivity index (χ1v) is 4.57. The molecular formula is C7H15I. The summed E-state index contributed by atoms with van der Waals surface area (Å²) in [6, 6.07) is 0. The Balaban J connectivity index is 3.17. The molecule has 0 nitrogen and oxygen atoms in total. The summed E-state index contributed by atoms with van der Waals surface area (Å²) in [4.78, 5) is 0. The van der Waals surface area contributed by atoms with Gasteiger partial charge in [-0.15, -0.1) is 0 Å². The maximum atomic E-state index is 2.49. The van der Waals surface area contributed by atoms with Gasteiger partial charge >= 0.3 is 0 Å². The van der Waals surface area contributed by atoms with E-state index in [0.29, 0.717) is 0 Å². The van der Waals surface area contributed by atoms with Crippen LogP contribution in [0.25, 0.3) is 0 Å². The molecule has 50 valence electrons. The molecule has 8 heavy (non-hydrogen) atoms. The Labute approximate surface area is 66.2 Å². The molecule has 0 aliphatic carbocycles. The molecule has 0 aliphatic rings. The van der Waals surface area contributed by atoms with Crippen LogP contribution >= 0.6 is 22.6 Å². The van der Waals surface area contributed by atoms with E-state index in [1.807, 2.05) is 0 Å². The summed E-state index contributed by atoms with van der Waals surface area (Å²) in [5.74, 6) is 0.903. The van der Waals surface area contributed by atoms with Gasteiger partial charge in [0.1, 0.15) is 0 Å². The standard InChI is InChI=1S/C7H15I/c1-4-5-6(2)7(3)8/h6-7H,4-5H2,1-3H3/t6-,7?/m0/s1. The lowest BCUT2D eigenvalue weighted by Crippen LogP contribution is -2.04. The van der Waals surface area contributed by atoms with Gasteiger partial charge in [0.25, 0.3) is 0 Å². The van der Waals surface area contributed by atoms with Crippen molar-refractivity contribution in [1.82, 2.24) is 0 Å². The predicted molar refractivity (Wildman–Crippen MR) is 47.6 cm³/mol. The lowest BCUT2D eigenvalue weighted by molar-refractivity contribution is 0.533. The quantitative estimate of drug-likeness (QED) is 0.511. The minimum Gasteiger partial charge on any atom is -0.0826 e. The van der Waals surface area contributed by atoms with Gasteiger partial charge in [-0.05, 0) is 12.3 Å². The molecule has 0 bridgehead atoms. The molecule has 0 fully saturated rings. The van der Waals surface area contributed by atoms with E-state index < -0.39 is 0 Å². The zero-order valence-corrected chi connectivity index (χ0v) is 8.10. The van der Waals surface area contributed by atoms with Crippen molar-refractivity contribution >= 4 is 22.6 Å². The van der Waals surface area contributed by atoms with Crippen LogP contribution < -0.4 is 0 Å². The molecule has 2 atom stereocenters. The van der Waals surface area contributed by atoms with Crippen LogP contribution in [0.3, 0.4) is 0 Å². The fraction of sp³-hybridized carbons (Fsp3) is 1.00. The second-order valence-corrected chi connectivity index (χ2v) is 4.41. The van der Waals surface area contributed by atoms with Crippen LogP contribution in [0.2, 0.25) is 0 Å². The Morgan fingerprint density at radius 1 is 1.38 bits per heavy atom. The van der Waals surface area contributed by atoms with E-state index >= 15 is 0 Å². The second-order valence-electron chi connectivity index (χ2n) is 2.44. The van der Waals surface area contributed by atoms with E-state index in [9.17, 15) is 0 Å². The van der Waals surface area contributed by atoms with Crippen LogP contribution in [0.1, 0.15) is 33.6 Å². The SMILES string of the molecule is CCC[C@H](C)C(C)I. The fourth-order valence-corrected chi connectivity index (χ4v) is 1.04. The molecular weight excluding hydrogens is 211 g/mol. The van der Waals surface area contributed by atoms with Crippen molar-refractivity contribution in [3.05, 3.63) is 0 Å². The molecule has 0 aromatic rings. The summed E-state index contributed by atoms with van der Waals surface area (Å²) >= 11 is 2.49. The van der Waals surface area contributed by atoms with Crippen LogP contribution in [0.15, 0.2) is 0 Å². The summed E-state index contributed by atoms with van der Waals surface area (Å²) in [6.07, 6.45) is 2.71. The highest BCUT2D eigenvalue weighted by Crippen LogP contribution is 2.16. The average molecular weight is 226 g/mol. The van der Waals surface area contributed by atoms with E-state index in [4.69, 9.17) is 0 Å². The highest BCUT2D eigenvalue weighted by atomic mass is 127. The molecule has 0 saturated heterocycles. The summed E-state index contributed by atoms with van der Waals surface area (Å²) in [7, 11) is 0. The van der Waals surface area contributed by atoms with Crippen molar-refractivity contribution < 1.29 is 0 Å². The molecule has 0 amide bonds. The number of hydrogen-bond acceptors (Lipinski definition) is 0. The molecule has 0 aliphatic heterocycles. The van der Waals surface area contributed by atoms with Crippen molar-refractivity contribution in [1.29, 1.82) is 0 Å². The first-order chi connectivity index (χ1) is 3.68. The fourth-order valence-electron chi connectivity index (χ4n) is 0.685. The number of hydrogen-bond donors (Lipinski definition) is 0.